The van der Waals surface area contributed by atoms with Crippen molar-refractivity contribution in [3.05, 3.63) is 65.5 Å². The first-order chi connectivity index (χ1) is 15.5. The van der Waals surface area contributed by atoms with Gasteiger partial charge in [-0.25, -0.2) is 0 Å². The number of nitrogens with one attached hydrogen (secondary N) is 2. The fourth-order valence-corrected chi connectivity index (χ4v) is 4.46. The number of fused-ring (bicyclic) bond motifs is 1. The molecule has 0 aliphatic heterocycles. The molecule has 0 bridgehead atoms. The quantitative estimate of drug-likeness (QED) is 0.320. The van der Waals surface area contributed by atoms with E-state index < -0.39 is 0 Å². The summed E-state index contributed by atoms with van der Waals surface area (Å²) in [6.07, 6.45) is 11.4. The summed E-state index contributed by atoms with van der Waals surface area (Å²) in [4.78, 5) is 12.6. The first-order valence-corrected chi connectivity index (χ1v) is 12.3. The van der Waals surface area contributed by atoms with Crippen LogP contribution in [0.1, 0.15) is 31.5 Å². The molecule has 0 radical (unpaired) electrons. The number of hydrogen-bond donors (Lipinski definition) is 3. The molecule has 2 aromatic rings. The molecule has 3 N–H and O–H groups in total. The van der Waals surface area contributed by atoms with Crippen LogP contribution in [0.25, 0.3) is 17.0 Å². The van der Waals surface area contributed by atoms with Gasteiger partial charge in [-0.2, -0.15) is 0 Å². The van der Waals surface area contributed by atoms with Crippen LogP contribution in [0.15, 0.2) is 54.3 Å². The molecule has 0 fully saturated rings. The van der Waals surface area contributed by atoms with Crippen LogP contribution in [0.2, 0.25) is 0 Å². The number of hydrogen-bond acceptors (Lipinski definition) is 4. The van der Waals surface area contributed by atoms with E-state index in [4.69, 9.17) is 5.11 Å². The second kappa shape index (κ2) is 14.0. The largest absolute Gasteiger partial charge is 0.395 e. The molecular weight excluding hydrogens is 418 g/mol. The number of aliphatic hydroxyl groups excluding tert-OH is 1. The van der Waals surface area contributed by atoms with Crippen LogP contribution in [0.3, 0.4) is 0 Å². The minimum Gasteiger partial charge on any atom is -0.395 e. The van der Waals surface area contributed by atoms with Gasteiger partial charge in [-0.15, -0.1) is 0 Å². The number of aliphatic hydroxyl groups is 1. The topological polar surface area (TPSA) is 58.7 Å². The molecule has 32 heavy (non-hydrogen) atoms. The summed E-state index contributed by atoms with van der Waals surface area (Å²) < 4.78 is 2.43. The lowest BCUT2D eigenvalue weighted by Crippen LogP contribution is -3.09. The Hall–Kier alpha value is -2.28. The Balaban J connectivity index is 2.10. The summed E-state index contributed by atoms with van der Waals surface area (Å²) in [5.74, 6) is 0.888. The highest BCUT2D eigenvalue weighted by Gasteiger charge is 2.12. The highest BCUT2D eigenvalue weighted by molar-refractivity contribution is 8.13. The zero-order valence-electron chi connectivity index (χ0n) is 19.9. The molecule has 0 aliphatic rings. The van der Waals surface area contributed by atoms with Crippen molar-refractivity contribution in [3.8, 4) is 0 Å². The Labute approximate surface area is 196 Å². The number of benzene rings is 1. The van der Waals surface area contributed by atoms with Gasteiger partial charge in [0.2, 0.25) is 0 Å². The zero-order chi connectivity index (χ0) is 23.3. The third-order valence-electron chi connectivity index (χ3n) is 5.52. The molecule has 1 aromatic carbocycles. The van der Waals surface area contributed by atoms with Crippen molar-refractivity contribution in [3.63, 3.8) is 0 Å². The minimum atomic E-state index is 0.124. The summed E-state index contributed by atoms with van der Waals surface area (Å²) in [6.45, 7) is 9.62. The third-order valence-corrected chi connectivity index (χ3v) is 6.34. The van der Waals surface area contributed by atoms with Gasteiger partial charge in [0.1, 0.15) is 0 Å². The van der Waals surface area contributed by atoms with Gasteiger partial charge < -0.3 is 19.9 Å². The summed E-state index contributed by atoms with van der Waals surface area (Å²) >= 11 is 1.42. The summed E-state index contributed by atoms with van der Waals surface area (Å²) in [5, 5.41) is 13.4. The van der Waals surface area contributed by atoms with Crippen molar-refractivity contribution in [2.24, 2.45) is 0 Å². The molecule has 0 aliphatic carbocycles. The molecule has 1 aromatic heterocycles. The van der Waals surface area contributed by atoms with Crippen LogP contribution in [-0.4, -0.2) is 53.8 Å². The Morgan fingerprint density at radius 3 is 2.75 bits per heavy atom. The molecule has 2 rings (SSSR count). The van der Waals surface area contributed by atoms with Crippen molar-refractivity contribution < 1.29 is 14.8 Å². The monoisotopic (exact) mass is 456 g/mol. The number of para-hydroxylation sites is 1. The summed E-state index contributed by atoms with van der Waals surface area (Å²) in [6, 6.07) is 8.61. The maximum atomic E-state index is 11.1. The van der Waals surface area contributed by atoms with Gasteiger partial charge in [-0.05, 0) is 37.8 Å². The van der Waals surface area contributed by atoms with E-state index in [1.54, 1.807) is 6.92 Å². The number of aromatic nitrogens is 1. The standard InChI is InChI=1S/C26H37N3O2S/c1-5-23(13-14-27-15-19-30)11-12-24-21(2)29(26-10-7-6-9-25(24)26)17-8-16-28(4)18-20-32-22(3)31/h5-7,9-14,27,30H,8,15-20H2,1-4H3/p+1/b12-11+,14-13-,23-5-. The molecule has 1 unspecified atom stereocenters. The van der Waals surface area contributed by atoms with Crippen molar-refractivity contribution in [2.75, 3.05) is 39.0 Å². The average molecular weight is 457 g/mol. The predicted molar refractivity (Wildman–Crippen MR) is 138 cm³/mol. The molecule has 1 heterocycles. The molecule has 1 atom stereocenters. The van der Waals surface area contributed by atoms with Gasteiger partial charge in [0.05, 0.1) is 32.5 Å². The first kappa shape index (κ1) is 26.0. The van der Waals surface area contributed by atoms with E-state index in [1.807, 2.05) is 19.2 Å². The molecule has 0 spiro atoms. The van der Waals surface area contributed by atoms with Gasteiger partial charge in [-0.1, -0.05) is 48.2 Å². The molecule has 0 saturated heterocycles. The van der Waals surface area contributed by atoms with E-state index in [9.17, 15) is 4.79 Å². The maximum Gasteiger partial charge on any atom is 0.186 e. The smallest absolute Gasteiger partial charge is 0.186 e. The van der Waals surface area contributed by atoms with Gasteiger partial charge in [0, 0.05) is 48.6 Å². The average Bonchev–Trinajstić information content (AvgIpc) is 3.04. The highest BCUT2D eigenvalue weighted by atomic mass is 32.2. The molecule has 0 saturated carbocycles. The van der Waals surface area contributed by atoms with E-state index in [0.29, 0.717) is 6.54 Å². The van der Waals surface area contributed by atoms with Crippen molar-refractivity contribution in [2.45, 2.75) is 33.7 Å². The van der Waals surface area contributed by atoms with Crippen molar-refractivity contribution >= 4 is 33.9 Å². The summed E-state index contributed by atoms with van der Waals surface area (Å²) in [7, 11) is 2.21. The van der Waals surface area contributed by atoms with Gasteiger partial charge in [0.25, 0.3) is 0 Å². The normalized spacial score (nSPS) is 13.5. The molecule has 174 valence electrons. The SMILES string of the molecule is C/C=C(\C=C/NCCO)/C=C/c1c(C)n(CCC[NH+](C)CCSC(C)=O)c2ccccc12. The maximum absolute atomic E-state index is 11.1. The highest BCUT2D eigenvalue weighted by Crippen LogP contribution is 2.27. The Morgan fingerprint density at radius 1 is 1.25 bits per heavy atom. The zero-order valence-corrected chi connectivity index (χ0v) is 20.7. The van der Waals surface area contributed by atoms with Gasteiger partial charge in [0.15, 0.2) is 5.12 Å². The Bertz CT molecular complexity index is 959. The Morgan fingerprint density at radius 2 is 2.03 bits per heavy atom. The van der Waals surface area contributed by atoms with Crippen LogP contribution in [0, 0.1) is 6.92 Å². The van der Waals surface area contributed by atoms with E-state index in [2.05, 4.69) is 66.3 Å². The third kappa shape index (κ3) is 8.01. The molecule has 5 nitrogen and oxygen atoms in total. The van der Waals surface area contributed by atoms with Crippen molar-refractivity contribution in [1.29, 1.82) is 0 Å². The lowest BCUT2D eigenvalue weighted by atomic mass is 10.1. The first-order valence-electron chi connectivity index (χ1n) is 11.4. The second-order valence-electron chi connectivity index (χ2n) is 7.95. The predicted octanol–water partition coefficient (Wildman–Crippen LogP) is 3.19. The fourth-order valence-electron chi connectivity index (χ4n) is 3.72. The number of thioether (sulfide) groups is 1. The summed E-state index contributed by atoms with van der Waals surface area (Å²) in [5.41, 5.74) is 4.93. The van der Waals surface area contributed by atoms with Crippen LogP contribution in [-0.2, 0) is 11.3 Å². The number of carbonyl (C=O) groups excluding carboxylic acids is 1. The van der Waals surface area contributed by atoms with Crippen LogP contribution < -0.4 is 10.2 Å². The molecule has 6 heteroatoms. The van der Waals surface area contributed by atoms with Gasteiger partial charge in [-0.3, -0.25) is 4.79 Å². The molecular formula is C26H38N3O2S+. The fraction of sp³-hybridized carbons (Fsp3) is 0.423. The van der Waals surface area contributed by atoms with Crippen LogP contribution in [0.4, 0.5) is 0 Å². The van der Waals surface area contributed by atoms with Crippen molar-refractivity contribution in [1.82, 2.24) is 9.88 Å². The lowest BCUT2D eigenvalue weighted by molar-refractivity contribution is -0.877. The van der Waals surface area contributed by atoms with E-state index in [0.717, 1.165) is 37.4 Å². The lowest BCUT2D eigenvalue weighted by Gasteiger charge is -2.14. The van der Waals surface area contributed by atoms with Crippen LogP contribution >= 0.6 is 11.8 Å². The number of quaternary nitrogens is 1. The number of aryl methyl sites for hydroxylation is 1. The number of rotatable bonds is 13. The van der Waals surface area contributed by atoms with E-state index in [1.165, 1.54) is 38.8 Å². The Kier molecular flexibility index (Phi) is 11.4. The van der Waals surface area contributed by atoms with Gasteiger partial charge >= 0.3 is 0 Å². The number of allylic oxidation sites excluding steroid dienone is 4. The van der Waals surface area contributed by atoms with E-state index in [-0.39, 0.29) is 11.7 Å². The van der Waals surface area contributed by atoms with Crippen LogP contribution in [0.5, 0.6) is 0 Å². The minimum absolute atomic E-state index is 0.124. The second-order valence-corrected chi connectivity index (χ2v) is 9.22. The molecule has 0 amide bonds. The number of nitrogens with zero attached hydrogens (tertiary/aromatic N) is 1. The number of carbonyl (C=O) groups is 1. The van der Waals surface area contributed by atoms with E-state index >= 15 is 0 Å².